The normalized spacial score (nSPS) is 23.9. The third-order valence-electron chi connectivity index (χ3n) is 3.67. The zero-order chi connectivity index (χ0) is 14.4. The van der Waals surface area contributed by atoms with Crippen LogP contribution in [0.25, 0.3) is 0 Å². The van der Waals surface area contributed by atoms with Crippen LogP contribution in [0.4, 0.5) is 0 Å². The van der Waals surface area contributed by atoms with Gasteiger partial charge in [-0.05, 0) is 39.4 Å². The fourth-order valence-corrected chi connectivity index (χ4v) is 2.39. The van der Waals surface area contributed by atoms with Gasteiger partial charge in [0.05, 0.1) is 6.34 Å². The standard InChI is InChI=1S/C14H24N6/c1-4-20(5-2)8-6-7-11(3)19-14-12-13(16-9-15-12)17-10-18-14/h9-12H,4-8H2,1-3H3,(H,15,16,17,18,19). The van der Waals surface area contributed by atoms with Crippen molar-refractivity contribution in [1.29, 1.82) is 0 Å². The van der Waals surface area contributed by atoms with Crippen LogP contribution in [-0.4, -0.2) is 61.0 Å². The van der Waals surface area contributed by atoms with E-state index in [9.17, 15) is 0 Å². The van der Waals surface area contributed by atoms with Crippen LogP contribution in [0.15, 0.2) is 20.0 Å². The summed E-state index contributed by atoms with van der Waals surface area (Å²) in [5, 5.41) is 3.00. The van der Waals surface area contributed by atoms with Gasteiger partial charge in [0.25, 0.3) is 0 Å². The Morgan fingerprint density at radius 3 is 2.95 bits per heavy atom. The maximum absolute atomic E-state index is 4.69. The first-order valence-electron chi connectivity index (χ1n) is 7.43. The van der Waals surface area contributed by atoms with Crippen molar-refractivity contribution >= 4 is 24.3 Å². The van der Waals surface area contributed by atoms with Gasteiger partial charge in [0.1, 0.15) is 12.2 Å². The molecule has 6 nitrogen and oxygen atoms in total. The second-order valence-electron chi connectivity index (χ2n) is 5.09. The van der Waals surface area contributed by atoms with Gasteiger partial charge in [-0.1, -0.05) is 13.8 Å². The maximum atomic E-state index is 4.69. The Hall–Kier alpha value is -1.56. The number of fused-ring (bicyclic) bond motifs is 1. The van der Waals surface area contributed by atoms with Gasteiger partial charge in [-0.2, -0.15) is 0 Å². The Labute approximate surface area is 120 Å². The Balaban J connectivity index is 1.84. The Kier molecular flexibility index (Phi) is 5.40. The summed E-state index contributed by atoms with van der Waals surface area (Å²) < 4.78 is 0. The molecule has 0 aromatic heterocycles. The molecule has 1 N–H and O–H groups in total. The first-order valence-corrected chi connectivity index (χ1v) is 7.43. The molecule has 2 aliphatic heterocycles. The van der Waals surface area contributed by atoms with Crippen molar-refractivity contribution in [3.05, 3.63) is 0 Å². The van der Waals surface area contributed by atoms with Crippen LogP contribution in [0.5, 0.6) is 0 Å². The number of nitrogens with zero attached hydrogens (tertiary/aromatic N) is 5. The molecule has 0 saturated carbocycles. The molecule has 0 aliphatic carbocycles. The molecule has 0 radical (unpaired) electrons. The molecule has 0 spiro atoms. The van der Waals surface area contributed by atoms with E-state index in [0.717, 1.165) is 44.1 Å². The quantitative estimate of drug-likeness (QED) is 0.762. The van der Waals surface area contributed by atoms with E-state index in [1.54, 1.807) is 12.7 Å². The molecule has 2 aliphatic rings. The molecular weight excluding hydrogens is 252 g/mol. The van der Waals surface area contributed by atoms with Gasteiger partial charge in [-0.15, -0.1) is 0 Å². The van der Waals surface area contributed by atoms with Gasteiger partial charge >= 0.3 is 0 Å². The number of hydrogen-bond acceptors (Lipinski definition) is 5. The van der Waals surface area contributed by atoms with Gasteiger partial charge in [-0.3, -0.25) is 9.98 Å². The predicted molar refractivity (Wildman–Crippen MR) is 85.3 cm³/mol. The highest BCUT2D eigenvalue weighted by Gasteiger charge is 2.26. The molecule has 110 valence electrons. The Morgan fingerprint density at radius 2 is 2.20 bits per heavy atom. The van der Waals surface area contributed by atoms with Gasteiger partial charge in [0.15, 0.2) is 11.9 Å². The summed E-state index contributed by atoms with van der Waals surface area (Å²) in [6.07, 6.45) is 5.45. The monoisotopic (exact) mass is 276 g/mol. The van der Waals surface area contributed by atoms with E-state index in [0.29, 0.717) is 0 Å². The number of hydrogen-bond donors (Lipinski definition) is 1. The molecule has 0 fully saturated rings. The molecular formula is C14H24N6. The number of aliphatic imine (C=N–C) groups is 4. The highest BCUT2D eigenvalue weighted by atomic mass is 15.2. The number of amidine groups is 2. The number of nitrogens with one attached hydrogen (secondary N) is 1. The van der Waals surface area contributed by atoms with Crippen LogP contribution in [0.3, 0.4) is 0 Å². The van der Waals surface area contributed by atoms with Crippen molar-refractivity contribution in [1.82, 2.24) is 10.2 Å². The van der Waals surface area contributed by atoms with Crippen LogP contribution >= 0.6 is 0 Å². The minimum Gasteiger partial charge on any atom is -0.332 e. The lowest BCUT2D eigenvalue weighted by molar-refractivity contribution is 0.294. The molecule has 0 amide bonds. The van der Waals surface area contributed by atoms with Gasteiger partial charge in [0.2, 0.25) is 0 Å². The first kappa shape index (κ1) is 14.8. The summed E-state index contributed by atoms with van der Waals surface area (Å²) in [5.74, 6) is 1.60. The van der Waals surface area contributed by atoms with E-state index in [1.165, 1.54) is 0 Å². The van der Waals surface area contributed by atoms with Gasteiger partial charge in [-0.25, -0.2) is 9.98 Å². The summed E-state index contributed by atoms with van der Waals surface area (Å²) in [4.78, 5) is 19.9. The molecule has 0 aromatic carbocycles. The summed E-state index contributed by atoms with van der Waals surface area (Å²) >= 11 is 0. The zero-order valence-electron chi connectivity index (χ0n) is 12.6. The zero-order valence-corrected chi connectivity index (χ0v) is 12.6. The molecule has 2 heterocycles. The van der Waals surface area contributed by atoms with Crippen molar-refractivity contribution in [3.8, 4) is 0 Å². The van der Waals surface area contributed by atoms with Gasteiger partial charge in [0, 0.05) is 6.04 Å². The second-order valence-corrected chi connectivity index (χ2v) is 5.09. The summed E-state index contributed by atoms with van der Waals surface area (Å²) in [7, 11) is 0. The molecule has 0 bridgehead atoms. The lowest BCUT2D eigenvalue weighted by atomic mass is 10.1. The minimum absolute atomic E-state index is 0.120. The SMILES string of the molecule is CCN(CC)CCCC(C)N=C1N=CNC2=NC=NC12. The summed E-state index contributed by atoms with van der Waals surface area (Å²) in [6.45, 7) is 9.92. The fourth-order valence-electron chi connectivity index (χ4n) is 2.39. The van der Waals surface area contributed by atoms with Crippen molar-refractivity contribution < 1.29 is 0 Å². The largest absolute Gasteiger partial charge is 0.332 e. The summed E-state index contributed by atoms with van der Waals surface area (Å²) in [6, 6.07) is 0.151. The Bertz CT molecular complexity index is 433. The summed E-state index contributed by atoms with van der Waals surface area (Å²) in [5.41, 5.74) is 0. The highest BCUT2D eigenvalue weighted by molar-refractivity contribution is 6.21. The van der Waals surface area contributed by atoms with Crippen molar-refractivity contribution in [2.75, 3.05) is 19.6 Å². The van der Waals surface area contributed by atoms with E-state index < -0.39 is 0 Å². The smallest absolute Gasteiger partial charge is 0.168 e. The predicted octanol–water partition coefficient (Wildman–Crippen LogP) is 1.34. The van der Waals surface area contributed by atoms with Crippen LogP contribution in [0.1, 0.15) is 33.6 Å². The topological polar surface area (TPSA) is 64.7 Å². The van der Waals surface area contributed by atoms with E-state index in [2.05, 4.69) is 46.0 Å². The first-order chi connectivity index (χ1) is 9.74. The van der Waals surface area contributed by atoms with E-state index in [4.69, 9.17) is 4.99 Å². The molecule has 2 rings (SSSR count). The van der Waals surface area contributed by atoms with Crippen LogP contribution < -0.4 is 5.32 Å². The molecule has 2 atom stereocenters. The second kappa shape index (κ2) is 7.28. The fraction of sp³-hybridized carbons (Fsp3) is 0.714. The van der Waals surface area contributed by atoms with Crippen molar-refractivity contribution in [2.45, 2.75) is 45.7 Å². The van der Waals surface area contributed by atoms with Crippen LogP contribution in [-0.2, 0) is 0 Å². The minimum atomic E-state index is -0.120. The highest BCUT2D eigenvalue weighted by Crippen LogP contribution is 2.11. The van der Waals surface area contributed by atoms with Crippen LogP contribution in [0.2, 0.25) is 0 Å². The van der Waals surface area contributed by atoms with Crippen LogP contribution in [0, 0.1) is 0 Å². The maximum Gasteiger partial charge on any atom is 0.168 e. The lowest BCUT2D eigenvalue weighted by Crippen LogP contribution is -2.40. The molecule has 20 heavy (non-hydrogen) atoms. The lowest BCUT2D eigenvalue weighted by Gasteiger charge is -2.19. The van der Waals surface area contributed by atoms with E-state index in [-0.39, 0.29) is 12.1 Å². The number of rotatable bonds is 7. The molecule has 0 aromatic rings. The third-order valence-corrected chi connectivity index (χ3v) is 3.67. The average molecular weight is 276 g/mol. The molecule has 6 heteroatoms. The van der Waals surface area contributed by atoms with E-state index in [1.807, 2.05) is 0 Å². The van der Waals surface area contributed by atoms with Crippen molar-refractivity contribution in [2.24, 2.45) is 20.0 Å². The van der Waals surface area contributed by atoms with E-state index >= 15 is 0 Å². The third kappa shape index (κ3) is 3.72. The van der Waals surface area contributed by atoms with Crippen molar-refractivity contribution in [3.63, 3.8) is 0 Å². The molecule has 2 unspecified atom stereocenters. The Morgan fingerprint density at radius 1 is 1.40 bits per heavy atom. The average Bonchev–Trinajstić information content (AvgIpc) is 2.93. The van der Waals surface area contributed by atoms with Gasteiger partial charge < -0.3 is 10.2 Å². The molecule has 0 saturated heterocycles.